The summed E-state index contributed by atoms with van der Waals surface area (Å²) in [6.45, 7) is 2.22. The lowest BCUT2D eigenvalue weighted by molar-refractivity contribution is -0.132. The van der Waals surface area contributed by atoms with E-state index in [4.69, 9.17) is 0 Å². The highest BCUT2D eigenvalue weighted by Gasteiger charge is 2.26. The molecule has 6 nitrogen and oxygen atoms in total. The first-order chi connectivity index (χ1) is 10.7. The molecule has 3 rings (SSSR count). The number of carbonyl (C=O) groups excluding carboxylic acids is 2. The Labute approximate surface area is 133 Å². The molecule has 1 saturated heterocycles. The summed E-state index contributed by atoms with van der Waals surface area (Å²) >= 11 is 4.08. The van der Waals surface area contributed by atoms with Crippen LogP contribution in [0, 0.1) is 0 Å². The van der Waals surface area contributed by atoms with Gasteiger partial charge in [-0.3, -0.25) is 14.7 Å². The topological polar surface area (TPSA) is 69.3 Å². The highest BCUT2D eigenvalue weighted by Crippen LogP contribution is 2.17. The van der Waals surface area contributed by atoms with Crippen LogP contribution < -0.4 is 0 Å². The minimum atomic E-state index is -0.0845. The van der Waals surface area contributed by atoms with E-state index in [2.05, 4.69) is 22.8 Å². The Morgan fingerprint density at radius 1 is 1.14 bits per heavy atom. The summed E-state index contributed by atoms with van der Waals surface area (Å²) in [4.78, 5) is 28.0. The van der Waals surface area contributed by atoms with Crippen molar-refractivity contribution in [3.05, 3.63) is 30.0 Å². The summed E-state index contributed by atoms with van der Waals surface area (Å²) in [7, 11) is 0. The van der Waals surface area contributed by atoms with Crippen LogP contribution in [0.5, 0.6) is 0 Å². The average Bonchev–Trinajstić information content (AvgIpc) is 2.98. The Hall–Kier alpha value is -2.02. The third-order valence-corrected chi connectivity index (χ3v) is 4.14. The van der Waals surface area contributed by atoms with Crippen molar-refractivity contribution in [2.75, 3.05) is 31.9 Å². The number of hydrogen-bond donors (Lipinski definition) is 2. The molecule has 1 aromatic heterocycles. The Balaban J connectivity index is 1.69. The Bertz CT molecular complexity index is 692. The molecular weight excluding hydrogens is 300 g/mol. The Morgan fingerprint density at radius 3 is 2.55 bits per heavy atom. The lowest BCUT2D eigenvalue weighted by atomic mass is 10.2. The zero-order chi connectivity index (χ0) is 15.5. The van der Waals surface area contributed by atoms with Crippen LogP contribution in [0.2, 0.25) is 0 Å². The van der Waals surface area contributed by atoms with E-state index in [0.29, 0.717) is 44.0 Å². The number of hydrogen-bond acceptors (Lipinski definition) is 4. The van der Waals surface area contributed by atoms with E-state index in [1.165, 1.54) is 0 Å². The molecule has 1 aromatic carbocycles. The van der Waals surface area contributed by atoms with Gasteiger partial charge in [0, 0.05) is 38.0 Å². The number of carbonyl (C=O) groups is 2. The second kappa shape index (κ2) is 6.39. The monoisotopic (exact) mass is 318 g/mol. The molecule has 0 radical (unpaired) electrons. The molecule has 0 aliphatic carbocycles. The van der Waals surface area contributed by atoms with Crippen LogP contribution in [0.3, 0.4) is 0 Å². The van der Waals surface area contributed by atoms with Crippen molar-refractivity contribution in [3.63, 3.8) is 0 Å². The van der Waals surface area contributed by atoms with Gasteiger partial charge in [0.05, 0.1) is 5.52 Å². The highest BCUT2D eigenvalue weighted by atomic mass is 32.1. The minimum absolute atomic E-state index is 0.0845. The molecule has 7 heteroatoms. The lowest BCUT2D eigenvalue weighted by Gasteiger charge is -2.34. The smallest absolute Gasteiger partial charge is 0.275 e. The first-order valence-electron chi connectivity index (χ1n) is 7.31. The molecule has 22 heavy (non-hydrogen) atoms. The largest absolute Gasteiger partial charge is 0.339 e. The third-order valence-electron chi connectivity index (χ3n) is 3.92. The Morgan fingerprint density at radius 2 is 1.82 bits per heavy atom. The first kappa shape index (κ1) is 14.9. The number of nitrogens with one attached hydrogen (secondary N) is 1. The maximum absolute atomic E-state index is 12.6. The number of fused-ring (bicyclic) bond motifs is 1. The second-order valence-electron chi connectivity index (χ2n) is 5.26. The predicted octanol–water partition coefficient (Wildman–Crippen LogP) is 1.17. The van der Waals surface area contributed by atoms with Crippen molar-refractivity contribution in [1.82, 2.24) is 20.0 Å². The van der Waals surface area contributed by atoms with Gasteiger partial charge in [0.1, 0.15) is 0 Å². The molecule has 2 amide bonds. The molecule has 0 saturated carbocycles. The van der Waals surface area contributed by atoms with Crippen LogP contribution in [0.4, 0.5) is 0 Å². The molecule has 2 heterocycles. The number of amides is 2. The molecule has 1 fully saturated rings. The number of benzene rings is 1. The van der Waals surface area contributed by atoms with Crippen molar-refractivity contribution in [2.45, 2.75) is 6.42 Å². The van der Waals surface area contributed by atoms with Crippen LogP contribution in [0.15, 0.2) is 24.3 Å². The quantitative estimate of drug-likeness (QED) is 0.835. The van der Waals surface area contributed by atoms with E-state index in [0.717, 1.165) is 10.9 Å². The molecule has 0 bridgehead atoms. The summed E-state index contributed by atoms with van der Waals surface area (Å²) in [6.07, 6.45) is 0.445. The molecule has 0 atom stereocenters. The fraction of sp³-hybridized carbons (Fsp3) is 0.400. The number of aromatic nitrogens is 2. The first-order valence-corrected chi connectivity index (χ1v) is 7.95. The van der Waals surface area contributed by atoms with E-state index in [-0.39, 0.29) is 11.8 Å². The molecular formula is C15H18N4O2S. The van der Waals surface area contributed by atoms with E-state index >= 15 is 0 Å². The lowest BCUT2D eigenvalue weighted by Crippen LogP contribution is -2.50. The van der Waals surface area contributed by atoms with Crippen LogP contribution in [0.1, 0.15) is 16.9 Å². The molecule has 0 unspecified atom stereocenters. The van der Waals surface area contributed by atoms with Gasteiger partial charge in [0.25, 0.3) is 5.91 Å². The fourth-order valence-electron chi connectivity index (χ4n) is 2.69. The van der Waals surface area contributed by atoms with Crippen molar-refractivity contribution in [1.29, 1.82) is 0 Å². The van der Waals surface area contributed by atoms with E-state index < -0.39 is 0 Å². The number of H-pyrrole nitrogens is 1. The summed E-state index contributed by atoms with van der Waals surface area (Å²) < 4.78 is 0. The van der Waals surface area contributed by atoms with Gasteiger partial charge in [-0.15, -0.1) is 0 Å². The van der Waals surface area contributed by atoms with Crippen LogP contribution in [-0.4, -0.2) is 63.7 Å². The van der Waals surface area contributed by atoms with Crippen LogP contribution >= 0.6 is 12.6 Å². The molecule has 2 aromatic rings. The molecule has 1 aliphatic rings. The van der Waals surface area contributed by atoms with Gasteiger partial charge in [-0.2, -0.15) is 17.7 Å². The van der Waals surface area contributed by atoms with Gasteiger partial charge in [-0.05, 0) is 11.8 Å². The normalized spacial score (nSPS) is 15.3. The summed E-state index contributed by atoms with van der Waals surface area (Å²) in [5.74, 6) is 0.572. The molecule has 116 valence electrons. The van der Waals surface area contributed by atoms with Crippen LogP contribution in [-0.2, 0) is 4.79 Å². The summed E-state index contributed by atoms with van der Waals surface area (Å²) in [6, 6.07) is 7.58. The Kier molecular flexibility index (Phi) is 4.33. The number of piperazine rings is 1. The van der Waals surface area contributed by atoms with Gasteiger partial charge in [0.2, 0.25) is 5.91 Å². The third kappa shape index (κ3) is 2.81. The molecule has 1 N–H and O–H groups in total. The van der Waals surface area contributed by atoms with Gasteiger partial charge < -0.3 is 9.80 Å². The van der Waals surface area contributed by atoms with E-state index in [9.17, 15) is 9.59 Å². The number of rotatable bonds is 3. The van der Waals surface area contributed by atoms with Crippen molar-refractivity contribution < 1.29 is 9.59 Å². The highest BCUT2D eigenvalue weighted by molar-refractivity contribution is 7.80. The number of para-hydroxylation sites is 1. The van der Waals surface area contributed by atoms with Gasteiger partial charge in [0.15, 0.2) is 5.69 Å². The van der Waals surface area contributed by atoms with Crippen molar-refractivity contribution in [3.8, 4) is 0 Å². The maximum atomic E-state index is 12.6. The van der Waals surface area contributed by atoms with Crippen LogP contribution in [0.25, 0.3) is 10.9 Å². The van der Waals surface area contributed by atoms with Gasteiger partial charge >= 0.3 is 0 Å². The fourth-order valence-corrected chi connectivity index (χ4v) is 2.88. The zero-order valence-electron chi connectivity index (χ0n) is 12.2. The molecule has 0 spiro atoms. The summed E-state index contributed by atoms with van der Waals surface area (Å²) in [5.41, 5.74) is 1.30. The standard InChI is InChI=1S/C15H18N4O2S/c20-13(5-10-22)18-6-8-19(9-7-18)15(21)14-11-3-1-2-4-12(11)16-17-14/h1-4,22H,5-10H2,(H,16,17). The number of thiol groups is 1. The van der Waals surface area contributed by atoms with E-state index in [1.807, 2.05) is 24.3 Å². The van der Waals surface area contributed by atoms with E-state index in [1.54, 1.807) is 9.80 Å². The summed E-state index contributed by atoms with van der Waals surface area (Å²) in [5, 5.41) is 7.86. The van der Waals surface area contributed by atoms with Crippen molar-refractivity contribution in [2.24, 2.45) is 0 Å². The van der Waals surface area contributed by atoms with Gasteiger partial charge in [-0.1, -0.05) is 18.2 Å². The molecule has 1 aliphatic heterocycles. The van der Waals surface area contributed by atoms with Crippen molar-refractivity contribution >= 4 is 35.3 Å². The number of aromatic amines is 1. The average molecular weight is 318 g/mol. The predicted molar refractivity (Wildman–Crippen MR) is 87.0 cm³/mol. The SMILES string of the molecule is O=C(CCS)N1CCN(C(=O)c2n[nH]c3ccccc23)CC1. The zero-order valence-corrected chi connectivity index (χ0v) is 13.1. The minimum Gasteiger partial charge on any atom is -0.339 e. The van der Waals surface area contributed by atoms with Gasteiger partial charge in [-0.25, -0.2) is 0 Å². The number of nitrogens with zero attached hydrogens (tertiary/aromatic N) is 3. The second-order valence-corrected chi connectivity index (χ2v) is 5.71. The maximum Gasteiger partial charge on any atom is 0.275 e.